The van der Waals surface area contributed by atoms with E-state index in [1.165, 1.54) is 12.8 Å². The Bertz CT molecular complexity index is 989. The average Bonchev–Trinajstić information content (AvgIpc) is 3.07. The number of hydrogen-bond acceptors (Lipinski definition) is 6. The SMILES string of the molecule is O=c1cc2c(nn1CC1CN(c3ncnc4sccc34)C1)CCCC2. The van der Waals surface area contributed by atoms with Crippen LogP contribution in [0.15, 0.2) is 28.6 Å². The van der Waals surface area contributed by atoms with Gasteiger partial charge in [-0.2, -0.15) is 5.10 Å². The van der Waals surface area contributed by atoms with Crippen LogP contribution in [0, 0.1) is 5.92 Å². The van der Waals surface area contributed by atoms with Gasteiger partial charge in [0.05, 0.1) is 17.6 Å². The summed E-state index contributed by atoms with van der Waals surface area (Å²) in [5.41, 5.74) is 2.32. The number of aryl methyl sites for hydroxylation is 2. The van der Waals surface area contributed by atoms with E-state index >= 15 is 0 Å². The molecular formula is C18H19N5OS. The van der Waals surface area contributed by atoms with E-state index in [9.17, 15) is 4.79 Å². The van der Waals surface area contributed by atoms with Crippen LogP contribution in [-0.4, -0.2) is 32.8 Å². The third-order valence-electron chi connectivity index (χ3n) is 5.20. The number of aromatic nitrogens is 4. The molecule has 5 rings (SSSR count). The maximum atomic E-state index is 12.3. The number of hydrogen-bond donors (Lipinski definition) is 0. The molecule has 0 radical (unpaired) electrons. The Balaban J connectivity index is 1.32. The quantitative estimate of drug-likeness (QED) is 0.723. The lowest BCUT2D eigenvalue weighted by atomic mass is 9.96. The Morgan fingerprint density at radius 3 is 3.00 bits per heavy atom. The highest BCUT2D eigenvalue weighted by Crippen LogP contribution is 2.31. The van der Waals surface area contributed by atoms with Gasteiger partial charge in [-0.3, -0.25) is 4.79 Å². The predicted octanol–water partition coefficient (Wildman–Crippen LogP) is 2.26. The molecule has 0 amide bonds. The molecule has 1 fully saturated rings. The maximum absolute atomic E-state index is 12.3. The van der Waals surface area contributed by atoms with Crippen LogP contribution in [0.2, 0.25) is 0 Å². The fourth-order valence-electron chi connectivity index (χ4n) is 3.86. The summed E-state index contributed by atoms with van der Waals surface area (Å²) in [5, 5.41) is 7.81. The smallest absolute Gasteiger partial charge is 0.267 e. The summed E-state index contributed by atoms with van der Waals surface area (Å²) in [6.07, 6.45) is 5.99. The summed E-state index contributed by atoms with van der Waals surface area (Å²) in [7, 11) is 0. The summed E-state index contributed by atoms with van der Waals surface area (Å²) in [4.78, 5) is 24.4. The third kappa shape index (κ3) is 2.63. The van der Waals surface area contributed by atoms with Gasteiger partial charge in [-0.25, -0.2) is 14.6 Å². The zero-order valence-electron chi connectivity index (χ0n) is 13.9. The fraction of sp³-hybridized carbons (Fsp3) is 0.444. The Labute approximate surface area is 149 Å². The largest absolute Gasteiger partial charge is 0.355 e. The van der Waals surface area contributed by atoms with Gasteiger partial charge in [-0.1, -0.05) is 0 Å². The van der Waals surface area contributed by atoms with Crippen molar-refractivity contribution in [1.29, 1.82) is 0 Å². The van der Waals surface area contributed by atoms with Crippen molar-refractivity contribution >= 4 is 27.4 Å². The van der Waals surface area contributed by atoms with E-state index in [-0.39, 0.29) is 5.56 Å². The molecule has 1 aliphatic carbocycles. The molecular weight excluding hydrogens is 334 g/mol. The van der Waals surface area contributed by atoms with E-state index in [1.54, 1.807) is 28.4 Å². The van der Waals surface area contributed by atoms with Gasteiger partial charge in [0.1, 0.15) is 17.0 Å². The van der Waals surface area contributed by atoms with Crippen molar-refractivity contribution in [2.24, 2.45) is 5.92 Å². The van der Waals surface area contributed by atoms with E-state index in [4.69, 9.17) is 0 Å². The van der Waals surface area contributed by atoms with Gasteiger partial charge in [-0.05, 0) is 42.7 Å². The van der Waals surface area contributed by atoms with Crippen molar-refractivity contribution in [1.82, 2.24) is 19.7 Å². The van der Waals surface area contributed by atoms with Gasteiger partial charge >= 0.3 is 0 Å². The van der Waals surface area contributed by atoms with Crippen molar-refractivity contribution in [2.75, 3.05) is 18.0 Å². The van der Waals surface area contributed by atoms with Crippen LogP contribution in [-0.2, 0) is 19.4 Å². The van der Waals surface area contributed by atoms with Gasteiger partial charge < -0.3 is 4.90 Å². The number of thiophene rings is 1. The molecule has 3 aromatic heterocycles. The summed E-state index contributed by atoms with van der Waals surface area (Å²) in [6.45, 7) is 2.51. The molecule has 0 N–H and O–H groups in total. The van der Waals surface area contributed by atoms with Crippen molar-refractivity contribution in [2.45, 2.75) is 32.2 Å². The minimum absolute atomic E-state index is 0.0429. The summed E-state index contributed by atoms with van der Waals surface area (Å²) in [6, 6.07) is 3.88. The van der Waals surface area contributed by atoms with E-state index < -0.39 is 0 Å². The molecule has 6 nitrogen and oxygen atoms in total. The first-order valence-electron chi connectivity index (χ1n) is 8.81. The van der Waals surface area contributed by atoms with Gasteiger partial charge in [0.15, 0.2) is 0 Å². The van der Waals surface area contributed by atoms with E-state index in [0.717, 1.165) is 53.2 Å². The molecule has 25 heavy (non-hydrogen) atoms. The van der Waals surface area contributed by atoms with Crippen molar-refractivity contribution in [3.63, 3.8) is 0 Å². The fourth-order valence-corrected chi connectivity index (χ4v) is 4.59. The molecule has 0 unspecified atom stereocenters. The number of nitrogens with zero attached hydrogens (tertiary/aromatic N) is 5. The summed E-state index contributed by atoms with van der Waals surface area (Å²) in [5.74, 6) is 1.45. The second-order valence-corrected chi connectivity index (χ2v) is 7.85. The lowest BCUT2D eigenvalue weighted by Crippen LogP contribution is -2.50. The standard InChI is InChI=1S/C18H19N5OS/c24-16-7-13-3-1-2-4-15(13)21-23(16)10-12-8-22(9-12)17-14-5-6-25-18(14)20-11-19-17/h5-7,11-12H,1-4,8-10H2. The van der Waals surface area contributed by atoms with Gasteiger partial charge in [0.2, 0.25) is 0 Å². The van der Waals surface area contributed by atoms with Crippen molar-refractivity contribution < 1.29 is 0 Å². The second kappa shape index (κ2) is 5.91. The number of fused-ring (bicyclic) bond motifs is 2. The predicted molar refractivity (Wildman–Crippen MR) is 98.3 cm³/mol. The highest BCUT2D eigenvalue weighted by Gasteiger charge is 2.30. The van der Waals surface area contributed by atoms with Gasteiger partial charge in [-0.15, -0.1) is 11.3 Å². The van der Waals surface area contributed by atoms with Crippen LogP contribution in [0.5, 0.6) is 0 Å². The molecule has 0 saturated carbocycles. The number of rotatable bonds is 3. The van der Waals surface area contributed by atoms with Crippen molar-refractivity contribution in [3.05, 3.63) is 45.5 Å². The van der Waals surface area contributed by atoms with Crippen LogP contribution in [0.3, 0.4) is 0 Å². The lowest BCUT2D eigenvalue weighted by molar-refractivity contribution is 0.330. The molecule has 0 atom stereocenters. The first kappa shape index (κ1) is 15.0. The zero-order chi connectivity index (χ0) is 16.8. The van der Waals surface area contributed by atoms with E-state index in [0.29, 0.717) is 12.5 Å². The molecule has 3 aromatic rings. The third-order valence-corrected chi connectivity index (χ3v) is 6.02. The molecule has 0 aromatic carbocycles. The van der Waals surface area contributed by atoms with Crippen molar-refractivity contribution in [3.8, 4) is 0 Å². The molecule has 0 spiro atoms. The Morgan fingerprint density at radius 1 is 1.20 bits per heavy atom. The topological polar surface area (TPSA) is 63.9 Å². The van der Waals surface area contributed by atoms with E-state index in [2.05, 4.69) is 31.4 Å². The molecule has 1 aliphatic heterocycles. The Hall–Kier alpha value is -2.28. The van der Waals surface area contributed by atoms with Crippen LogP contribution in [0.25, 0.3) is 10.2 Å². The van der Waals surface area contributed by atoms with Gasteiger partial charge in [0, 0.05) is 25.1 Å². The number of anilines is 1. The monoisotopic (exact) mass is 353 g/mol. The van der Waals surface area contributed by atoms with Gasteiger partial charge in [0.25, 0.3) is 5.56 Å². The molecule has 4 heterocycles. The minimum atomic E-state index is 0.0429. The highest BCUT2D eigenvalue weighted by molar-refractivity contribution is 7.16. The molecule has 2 aliphatic rings. The molecule has 0 bridgehead atoms. The highest BCUT2D eigenvalue weighted by atomic mass is 32.1. The Morgan fingerprint density at radius 2 is 2.08 bits per heavy atom. The summed E-state index contributed by atoms with van der Waals surface area (Å²) < 4.78 is 1.67. The van der Waals surface area contributed by atoms with E-state index in [1.807, 2.05) is 0 Å². The van der Waals surface area contributed by atoms with Crippen LogP contribution in [0.4, 0.5) is 5.82 Å². The first-order chi connectivity index (χ1) is 12.3. The maximum Gasteiger partial charge on any atom is 0.267 e. The van der Waals surface area contributed by atoms with Crippen LogP contribution in [0.1, 0.15) is 24.1 Å². The zero-order valence-corrected chi connectivity index (χ0v) is 14.7. The lowest BCUT2D eigenvalue weighted by Gasteiger charge is -2.40. The van der Waals surface area contributed by atoms with Crippen LogP contribution < -0.4 is 10.5 Å². The molecule has 7 heteroatoms. The average molecular weight is 353 g/mol. The molecule has 128 valence electrons. The molecule has 1 saturated heterocycles. The Kier molecular flexibility index (Phi) is 3.55. The van der Waals surface area contributed by atoms with Crippen LogP contribution >= 0.6 is 11.3 Å². The second-order valence-electron chi connectivity index (χ2n) is 6.95. The summed E-state index contributed by atoms with van der Waals surface area (Å²) >= 11 is 1.64. The minimum Gasteiger partial charge on any atom is -0.355 e. The normalized spacial score (nSPS) is 17.5. The first-order valence-corrected chi connectivity index (χ1v) is 9.69.